The Labute approximate surface area is 196 Å². The average molecular weight is 455 g/mol. The Kier molecular flexibility index (Phi) is 5.80. The predicted octanol–water partition coefficient (Wildman–Crippen LogP) is 6.62. The van der Waals surface area contributed by atoms with Crippen molar-refractivity contribution < 1.29 is 19.4 Å². The van der Waals surface area contributed by atoms with Crippen LogP contribution in [0.3, 0.4) is 0 Å². The van der Waals surface area contributed by atoms with Gasteiger partial charge in [-0.05, 0) is 29.1 Å². The van der Waals surface area contributed by atoms with Crippen molar-refractivity contribution in [2.24, 2.45) is 0 Å². The molecule has 0 aromatic heterocycles. The summed E-state index contributed by atoms with van der Waals surface area (Å²) in [5.41, 5.74) is -0.367. The molecule has 0 saturated heterocycles. The van der Waals surface area contributed by atoms with Gasteiger partial charge in [0.15, 0.2) is 5.60 Å². The van der Waals surface area contributed by atoms with Crippen LogP contribution in [0.25, 0.3) is 10.8 Å². The van der Waals surface area contributed by atoms with Gasteiger partial charge in [-0.2, -0.15) is 0 Å². The summed E-state index contributed by atoms with van der Waals surface area (Å²) < 4.78 is 12.3. The molecule has 0 amide bonds. The molecular weight excluding hydrogens is 432 g/mol. The summed E-state index contributed by atoms with van der Waals surface area (Å²) in [6.07, 6.45) is 0.128. The number of thioether (sulfide) groups is 1. The Bertz CT molecular complexity index is 1310. The number of rotatable bonds is 6. The van der Waals surface area contributed by atoms with Crippen LogP contribution in [0.5, 0.6) is 5.75 Å². The van der Waals surface area contributed by atoms with Crippen LogP contribution in [-0.4, -0.2) is 17.7 Å². The van der Waals surface area contributed by atoms with E-state index in [4.69, 9.17) is 9.47 Å². The number of cyclic esters (lactones) is 1. The summed E-state index contributed by atoms with van der Waals surface area (Å²) in [6.45, 7) is 0.0735. The number of hydrogen-bond acceptors (Lipinski definition) is 5. The maximum absolute atomic E-state index is 13.1. The molecule has 1 atom stereocenters. The lowest BCUT2D eigenvalue weighted by Crippen LogP contribution is -2.42. The average Bonchev–Trinajstić information content (AvgIpc) is 2.86. The third kappa shape index (κ3) is 4.32. The molecule has 0 spiro atoms. The number of esters is 1. The smallest absolute Gasteiger partial charge is 0.349 e. The van der Waals surface area contributed by atoms with E-state index in [1.807, 2.05) is 103 Å². The zero-order chi connectivity index (χ0) is 22.7. The lowest BCUT2D eigenvalue weighted by molar-refractivity contribution is -0.163. The van der Waals surface area contributed by atoms with Crippen molar-refractivity contribution in [3.8, 4) is 5.75 Å². The first kappa shape index (κ1) is 21.2. The van der Waals surface area contributed by atoms with Gasteiger partial charge in [-0.3, -0.25) is 0 Å². The molecule has 5 rings (SSSR count). The van der Waals surface area contributed by atoms with Gasteiger partial charge in [0.1, 0.15) is 23.0 Å². The molecule has 0 saturated carbocycles. The van der Waals surface area contributed by atoms with E-state index in [1.54, 1.807) is 0 Å². The van der Waals surface area contributed by atoms with Crippen LogP contribution in [0.15, 0.2) is 119 Å². The van der Waals surface area contributed by atoms with Crippen LogP contribution in [0.4, 0.5) is 0 Å². The summed E-state index contributed by atoms with van der Waals surface area (Å²) in [4.78, 5) is 14.2. The molecule has 164 valence electrons. The number of benzene rings is 4. The lowest BCUT2D eigenvalue weighted by Gasteiger charge is -2.37. The summed E-state index contributed by atoms with van der Waals surface area (Å²) in [6, 6.07) is 32.8. The fourth-order valence-corrected chi connectivity index (χ4v) is 4.86. The zero-order valence-electron chi connectivity index (χ0n) is 17.8. The molecule has 1 aliphatic heterocycles. The number of hydrogen-bond donors (Lipinski definition) is 1. The molecule has 1 unspecified atom stereocenters. The van der Waals surface area contributed by atoms with Crippen molar-refractivity contribution in [1.82, 2.24) is 0 Å². The Morgan fingerprint density at radius 2 is 1.52 bits per heavy atom. The third-order valence-electron chi connectivity index (χ3n) is 5.66. The van der Waals surface area contributed by atoms with Crippen LogP contribution >= 0.6 is 11.8 Å². The summed E-state index contributed by atoms with van der Waals surface area (Å²) in [7, 11) is 0. The van der Waals surface area contributed by atoms with Crippen molar-refractivity contribution >= 4 is 28.5 Å². The van der Waals surface area contributed by atoms with Crippen LogP contribution < -0.4 is 4.74 Å². The second-order valence-electron chi connectivity index (χ2n) is 7.88. The molecule has 0 fully saturated rings. The SMILES string of the molecule is O=C1OC(COc2cccc3ccccc23)(c2ccccc2)CC(O)=C1Sc1ccccc1. The monoisotopic (exact) mass is 454 g/mol. The molecule has 33 heavy (non-hydrogen) atoms. The standard InChI is InChI=1S/C28H22O4S/c29-24-18-28(21-12-3-1-4-13-21,32-27(30)26(24)33-22-14-5-2-6-15-22)19-31-25-17-9-11-20-10-7-8-16-23(20)25/h1-17,29H,18-19H2. The fourth-order valence-electron chi connectivity index (χ4n) is 4.02. The summed E-state index contributed by atoms with van der Waals surface area (Å²) in [5, 5.41) is 13.0. The van der Waals surface area contributed by atoms with Crippen molar-refractivity contribution in [2.45, 2.75) is 16.9 Å². The van der Waals surface area contributed by atoms with Gasteiger partial charge in [-0.15, -0.1) is 0 Å². The maximum atomic E-state index is 13.1. The van der Waals surface area contributed by atoms with Crippen LogP contribution in [-0.2, 0) is 15.1 Å². The highest BCUT2D eigenvalue weighted by Crippen LogP contribution is 2.43. The molecule has 4 aromatic rings. The first-order valence-corrected chi connectivity index (χ1v) is 11.5. The van der Waals surface area contributed by atoms with E-state index in [-0.39, 0.29) is 23.7 Å². The molecular formula is C28H22O4S. The Morgan fingerprint density at radius 3 is 2.27 bits per heavy atom. The zero-order valence-corrected chi connectivity index (χ0v) is 18.6. The molecule has 0 radical (unpaired) electrons. The topological polar surface area (TPSA) is 55.8 Å². The molecule has 4 nitrogen and oxygen atoms in total. The van der Waals surface area contributed by atoms with E-state index in [1.165, 1.54) is 11.8 Å². The number of ether oxygens (including phenoxy) is 2. The van der Waals surface area contributed by atoms with Crippen molar-refractivity contribution in [3.05, 3.63) is 119 Å². The van der Waals surface area contributed by atoms with Gasteiger partial charge in [-0.25, -0.2) is 4.79 Å². The van der Waals surface area contributed by atoms with Gasteiger partial charge in [0, 0.05) is 10.3 Å². The minimum atomic E-state index is -1.14. The van der Waals surface area contributed by atoms with E-state index < -0.39 is 11.6 Å². The van der Waals surface area contributed by atoms with Gasteiger partial charge in [0.25, 0.3) is 0 Å². The first-order valence-electron chi connectivity index (χ1n) is 10.7. The van der Waals surface area contributed by atoms with E-state index in [0.717, 1.165) is 21.2 Å². The predicted molar refractivity (Wildman–Crippen MR) is 130 cm³/mol. The second-order valence-corrected chi connectivity index (χ2v) is 8.97. The van der Waals surface area contributed by atoms with Crippen molar-refractivity contribution in [3.63, 3.8) is 0 Å². The van der Waals surface area contributed by atoms with Crippen LogP contribution in [0.2, 0.25) is 0 Å². The van der Waals surface area contributed by atoms with Gasteiger partial charge in [-0.1, -0.05) is 96.7 Å². The summed E-state index contributed by atoms with van der Waals surface area (Å²) >= 11 is 1.21. The molecule has 0 aliphatic carbocycles. The van der Waals surface area contributed by atoms with Crippen LogP contribution in [0, 0.1) is 0 Å². The van der Waals surface area contributed by atoms with Gasteiger partial charge < -0.3 is 14.6 Å². The molecule has 1 heterocycles. The van der Waals surface area contributed by atoms with Gasteiger partial charge >= 0.3 is 5.97 Å². The quantitative estimate of drug-likeness (QED) is 0.332. The molecule has 4 aromatic carbocycles. The highest BCUT2D eigenvalue weighted by atomic mass is 32.2. The fraction of sp³-hybridized carbons (Fsp3) is 0.107. The highest BCUT2D eigenvalue weighted by Gasteiger charge is 2.44. The largest absolute Gasteiger partial charge is 0.511 e. The summed E-state index contributed by atoms with van der Waals surface area (Å²) in [5.74, 6) is 0.149. The van der Waals surface area contributed by atoms with E-state index >= 15 is 0 Å². The van der Waals surface area contributed by atoms with Gasteiger partial charge in [0.2, 0.25) is 0 Å². The molecule has 0 bridgehead atoms. The normalized spacial score (nSPS) is 18.2. The third-order valence-corrected chi connectivity index (χ3v) is 6.78. The second kappa shape index (κ2) is 9.04. The first-order chi connectivity index (χ1) is 16.1. The number of aliphatic hydroxyl groups is 1. The Morgan fingerprint density at radius 1 is 0.848 bits per heavy atom. The van der Waals surface area contributed by atoms with Crippen LogP contribution in [0.1, 0.15) is 12.0 Å². The number of aliphatic hydroxyl groups excluding tert-OH is 1. The number of fused-ring (bicyclic) bond motifs is 1. The van der Waals surface area contributed by atoms with E-state index in [0.29, 0.717) is 5.75 Å². The van der Waals surface area contributed by atoms with Crippen molar-refractivity contribution in [1.29, 1.82) is 0 Å². The molecule has 5 heteroatoms. The maximum Gasteiger partial charge on any atom is 0.349 e. The number of carbonyl (C=O) groups excluding carboxylic acids is 1. The minimum absolute atomic E-state index is 0.00507. The molecule has 1 aliphatic rings. The lowest BCUT2D eigenvalue weighted by atomic mass is 9.88. The number of carbonyl (C=O) groups is 1. The van der Waals surface area contributed by atoms with E-state index in [2.05, 4.69) is 0 Å². The van der Waals surface area contributed by atoms with Crippen molar-refractivity contribution in [2.75, 3.05) is 6.61 Å². The van der Waals surface area contributed by atoms with E-state index in [9.17, 15) is 9.90 Å². The minimum Gasteiger partial charge on any atom is -0.511 e. The molecule has 1 N–H and O–H groups in total. The highest BCUT2D eigenvalue weighted by molar-refractivity contribution is 8.04. The van der Waals surface area contributed by atoms with Gasteiger partial charge in [0.05, 0.1) is 6.42 Å². The Hall–Kier alpha value is -3.70. The Balaban J connectivity index is 1.48.